The largest absolute Gasteiger partial charge is 0.504 e. The SMILES string of the molecule is [CH2]c1cc(O)c(O)c([N+](=O)[O-])c1. The lowest BCUT2D eigenvalue weighted by Crippen LogP contribution is -1.89. The summed E-state index contributed by atoms with van der Waals surface area (Å²) >= 11 is 0. The minimum Gasteiger partial charge on any atom is -0.504 e. The number of nitro groups is 1. The highest BCUT2D eigenvalue weighted by Crippen LogP contribution is 2.35. The van der Waals surface area contributed by atoms with Gasteiger partial charge in [0.15, 0.2) is 5.75 Å². The lowest BCUT2D eigenvalue weighted by Gasteiger charge is -1.99. The van der Waals surface area contributed by atoms with E-state index in [0.717, 1.165) is 12.1 Å². The van der Waals surface area contributed by atoms with Crippen molar-refractivity contribution >= 4 is 5.69 Å². The van der Waals surface area contributed by atoms with Crippen LogP contribution in [-0.2, 0) is 0 Å². The topological polar surface area (TPSA) is 83.6 Å². The summed E-state index contributed by atoms with van der Waals surface area (Å²) in [4.78, 5) is 9.44. The van der Waals surface area contributed by atoms with E-state index in [1.165, 1.54) is 0 Å². The van der Waals surface area contributed by atoms with Gasteiger partial charge in [0.25, 0.3) is 0 Å². The number of nitrogens with zero attached hydrogens (tertiary/aromatic N) is 1. The average Bonchev–Trinajstić information content (AvgIpc) is 1.96. The Morgan fingerprint density at radius 3 is 2.50 bits per heavy atom. The zero-order valence-corrected chi connectivity index (χ0v) is 6.02. The molecule has 0 saturated carbocycles. The average molecular weight is 168 g/mol. The maximum atomic E-state index is 10.2. The Labute approximate surface area is 68.0 Å². The summed E-state index contributed by atoms with van der Waals surface area (Å²) < 4.78 is 0. The van der Waals surface area contributed by atoms with Crippen molar-refractivity contribution in [2.75, 3.05) is 0 Å². The van der Waals surface area contributed by atoms with Crippen molar-refractivity contribution in [1.82, 2.24) is 0 Å². The number of phenolic OH excluding ortho intramolecular Hbond substituents is 2. The van der Waals surface area contributed by atoms with Gasteiger partial charge in [-0.3, -0.25) is 10.1 Å². The summed E-state index contributed by atoms with van der Waals surface area (Å²) in [5, 5.41) is 28.1. The highest BCUT2D eigenvalue weighted by atomic mass is 16.6. The Kier molecular flexibility index (Phi) is 1.86. The first-order valence-corrected chi connectivity index (χ1v) is 3.04. The van der Waals surface area contributed by atoms with Gasteiger partial charge >= 0.3 is 5.69 Å². The normalized spacial score (nSPS) is 9.75. The number of nitro benzene ring substituents is 1. The van der Waals surface area contributed by atoms with Crippen LogP contribution in [-0.4, -0.2) is 15.1 Å². The van der Waals surface area contributed by atoms with Crippen molar-refractivity contribution < 1.29 is 15.1 Å². The highest BCUT2D eigenvalue weighted by molar-refractivity contribution is 5.56. The maximum Gasteiger partial charge on any atom is 0.314 e. The number of benzene rings is 1. The smallest absolute Gasteiger partial charge is 0.314 e. The first kappa shape index (κ1) is 8.32. The summed E-state index contributed by atoms with van der Waals surface area (Å²) in [7, 11) is 0. The van der Waals surface area contributed by atoms with Crippen molar-refractivity contribution in [1.29, 1.82) is 0 Å². The Bertz CT molecular complexity index is 334. The maximum absolute atomic E-state index is 10.2. The summed E-state index contributed by atoms with van der Waals surface area (Å²) in [5.74, 6) is -1.26. The van der Waals surface area contributed by atoms with Gasteiger partial charge in [-0.1, -0.05) is 0 Å². The molecule has 1 rings (SSSR count). The van der Waals surface area contributed by atoms with Crippen LogP contribution < -0.4 is 0 Å². The Morgan fingerprint density at radius 2 is 2.00 bits per heavy atom. The van der Waals surface area contributed by atoms with Crippen LogP contribution in [0.25, 0.3) is 0 Å². The van der Waals surface area contributed by atoms with Crippen LogP contribution in [0.15, 0.2) is 12.1 Å². The van der Waals surface area contributed by atoms with Crippen LogP contribution in [0.2, 0.25) is 0 Å². The van der Waals surface area contributed by atoms with E-state index in [4.69, 9.17) is 10.2 Å². The van der Waals surface area contributed by atoms with Crippen LogP contribution in [0.1, 0.15) is 5.56 Å². The molecule has 2 N–H and O–H groups in total. The minimum atomic E-state index is -0.788. The van der Waals surface area contributed by atoms with Gasteiger partial charge in [0.05, 0.1) is 4.92 Å². The summed E-state index contributed by atoms with van der Waals surface area (Å²) in [5.41, 5.74) is -0.267. The van der Waals surface area contributed by atoms with E-state index < -0.39 is 22.1 Å². The number of hydrogen-bond donors (Lipinski definition) is 2. The minimum absolute atomic E-state index is 0.275. The fourth-order valence-corrected chi connectivity index (χ4v) is 0.800. The van der Waals surface area contributed by atoms with Gasteiger partial charge in [0.1, 0.15) is 0 Å². The van der Waals surface area contributed by atoms with E-state index in [1.807, 2.05) is 0 Å². The van der Waals surface area contributed by atoms with Crippen LogP contribution in [0.4, 0.5) is 5.69 Å². The zero-order valence-electron chi connectivity index (χ0n) is 6.02. The predicted molar refractivity (Wildman–Crippen MR) is 40.9 cm³/mol. The molecule has 0 atom stereocenters. The quantitative estimate of drug-likeness (QED) is 0.374. The molecule has 0 amide bonds. The first-order chi connectivity index (χ1) is 5.52. The predicted octanol–water partition coefficient (Wildman–Crippen LogP) is 1.19. The Morgan fingerprint density at radius 1 is 1.42 bits per heavy atom. The van der Waals surface area contributed by atoms with E-state index in [0.29, 0.717) is 0 Å². The molecule has 0 unspecified atom stereocenters. The molecule has 0 aliphatic rings. The molecule has 1 radical (unpaired) electrons. The third-order valence-corrected chi connectivity index (χ3v) is 1.33. The summed E-state index contributed by atoms with van der Waals surface area (Å²) in [6.45, 7) is 3.39. The number of aromatic hydroxyl groups is 2. The highest BCUT2D eigenvalue weighted by Gasteiger charge is 2.17. The van der Waals surface area contributed by atoms with Crippen molar-refractivity contribution in [3.8, 4) is 11.5 Å². The van der Waals surface area contributed by atoms with Crippen molar-refractivity contribution in [2.45, 2.75) is 0 Å². The molecule has 5 nitrogen and oxygen atoms in total. The molecule has 0 heterocycles. The molecule has 1 aromatic rings. The monoisotopic (exact) mass is 168 g/mol. The van der Waals surface area contributed by atoms with Crippen LogP contribution >= 0.6 is 0 Å². The van der Waals surface area contributed by atoms with Gasteiger partial charge in [0.2, 0.25) is 5.75 Å². The molecule has 12 heavy (non-hydrogen) atoms. The zero-order chi connectivity index (χ0) is 9.30. The molecule has 0 bridgehead atoms. The van der Waals surface area contributed by atoms with Gasteiger partial charge in [-0.15, -0.1) is 0 Å². The van der Waals surface area contributed by atoms with E-state index >= 15 is 0 Å². The third kappa shape index (κ3) is 1.29. The Hall–Kier alpha value is -1.78. The third-order valence-electron chi connectivity index (χ3n) is 1.33. The summed E-state index contributed by atoms with van der Waals surface area (Å²) in [6.07, 6.45) is 0. The molecule has 0 saturated heterocycles. The molecule has 63 valence electrons. The molecular formula is C7H6NO4. The number of phenols is 2. The second-order valence-electron chi connectivity index (χ2n) is 2.24. The van der Waals surface area contributed by atoms with Gasteiger partial charge in [-0.25, -0.2) is 0 Å². The molecule has 5 heteroatoms. The van der Waals surface area contributed by atoms with Crippen LogP contribution in [0, 0.1) is 17.0 Å². The van der Waals surface area contributed by atoms with Gasteiger partial charge in [0, 0.05) is 6.07 Å². The lowest BCUT2D eigenvalue weighted by atomic mass is 10.2. The van der Waals surface area contributed by atoms with Gasteiger partial charge in [-0.2, -0.15) is 0 Å². The van der Waals surface area contributed by atoms with Crippen molar-refractivity contribution in [3.63, 3.8) is 0 Å². The van der Waals surface area contributed by atoms with Gasteiger partial charge < -0.3 is 10.2 Å². The lowest BCUT2D eigenvalue weighted by molar-refractivity contribution is -0.386. The second-order valence-corrected chi connectivity index (χ2v) is 2.24. The standard InChI is InChI=1S/C7H6NO4/c1-4-2-5(8(11)12)7(10)6(9)3-4/h2-3,9-10H,1H2. The first-order valence-electron chi connectivity index (χ1n) is 3.04. The van der Waals surface area contributed by atoms with E-state index in [9.17, 15) is 10.1 Å². The molecule has 1 aromatic carbocycles. The molecule has 0 aromatic heterocycles. The van der Waals surface area contributed by atoms with E-state index in [2.05, 4.69) is 6.92 Å². The van der Waals surface area contributed by atoms with Crippen molar-refractivity contribution in [3.05, 3.63) is 34.7 Å². The molecule has 0 aliphatic heterocycles. The molecule has 0 spiro atoms. The Balaban J connectivity index is 3.37. The number of hydrogen-bond acceptors (Lipinski definition) is 4. The van der Waals surface area contributed by atoms with Crippen LogP contribution in [0.5, 0.6) is 11.5 Å². The molecular weight excluding hydrogens is 162 g/mol. The molecule has 0 aliphatic carbocycles. The molecule has 0 fully saturated rings. The van der Waals surface area contributed by atoms with Crippen molar-refractivity contribution in [2.24, 2.45) is 0 Å². The van der Waals surface area contributed by atoms with E-state index in [1.54, 1.807) is 0 Å². The summed E-state index contributed by atoms with van der Waals surface area (Å²) in [6, 6.07) is 2.22. The van der Waals surface area contributed by atoms with Gasteiger partial charge in [-0.05, 0) is 18.6 Å². The second kappa shape index (κ2) is 2.69. The fourth-order valence-electron chi connectivity index (χ4n) is 0.800. The van der Waals surface area contributed by atoms with Crippen LogP contribution in [0.3, 0.4) is 0 Å². The van der Waals surface area contributed by atoms with E-state index in [-0.39, 0.29) is 5.56 Å². The fraction of sp³-hybridized carbons (Fsp3) is 0. The number of rotatable bonds is 1.